The molecule has 0 spiro atoms. The molecule has 186 valence electrons. The van der Waals surface area contributed by atoms with Crippen LogP contribution < -0.4 is 10.6 Å². The van der Waals surface area contributed by atoms with E-state index in [0.29, 0.717) is 0 Å². The Morgan fingerprint density at radius 1 is 1.12 bits per heavy atom. The van der Waals surface area contributed by atoms with Crippen LogP contribution in [0.4, 0.5) is 13.2 Å². The first-order valence-corrected chi connectivity index (χ1v) is 11.9. The highest BCUT2D eigenvalue weighted by Crippen LogP contribution is 2.32. The topological polar surface area (TPSA) is 61.4 Å². The summed E-state index contributed by atoms with van der Waals surface area (Å²) in [4.78, 5) is 11.7. The van der Waals surface area contributed by atoms with E-state index >= 15 is 0 Å². The minimum atomic E-state index is -1.24. The third-order valence-corrected chi connectivity index (χ3v) is 6.14. The summed E-state index contributed by atoms with van der Waals surface area (Å²) in [5.74, 6) is -2.37. The van der Waals surface area contributed by atoms with Gasteiger partial charge in [0, 0.05) is 18.7 Å². The molecule has 7 heteroatoms. The molecule has 3 N–H and O–H groups in total. The number of carbonyl (C=O) groups excluding carboxylic acids is 1. The van der Waals surface area contributed by atoms with Crippen molar-refractivity contribution in [2.45, 2.75) is 71.1 Å². The highest BCUT2D eigenvalue weighted by atomic mass is 19.1. The number of hydrogen-bond acceptors (Lipinski definition) is 3. The lowest BCUT2D eigenvalue weighted by Gasteiger charge is -2.31. The molecule has 0 saturated heterocycles. The number of rotatable bonds is 9. The second-order valence-corrected chi connectivity index (χ2v) is 10.5. The third kappa shape index (κ3) is 7.57. The molecule has 4 nitrogen and oxygen atoms in total. The van der Waals surface area contributed by atoms with Crippen LogP contribution in [0.2, 0.25) is 0 Å². The highest BCUT2D eigenvalue weighted by molar-refractivity contribution is 5.77. The van der Waals surface area contributed by atoms with E-state index in [9.17, 15) is 23.1 Å². The predicted molar refractivity (Wildman–Crippen MR) is 127 cm³/mol. The molecule has 1 unspecified atom stereocenters. The van der Waals surface area contributed by atoms with Crippen LogP contribution in [-0.4, -0.2) is 36.4 Å². The van der Waals surface area contributed by atoms with E-state index in [4.69, 9.17) is 0 Å². The van der Waals surface area contributed by atoms with Gasteiger partial charge in [0.25, 0.3) is 5.91 Å². The van der Waals surface area contributed by atoms with Crippen LogP contribution >= 0.6 is 0 Å². The van der Waals surface area contributed by atoms with Crippen molar-refractivity contribution >= 4 is 5.91 Å². The zero-order valence-corrected chi connectivity index (χ0v) is 20.1. The lowest BCUT2D eigenvalue weighted by Crippen LogP contribution is -2.49. The lowest BCUT2D eigenvalue weighted by molar-refractivity contribution is -0.123. The summed E-state index contributed by atoms with van der Waals surface area (Å²) >= 11 is 0. The molecule has 0 aliphatic heterocycles. The number of carbonyl (C=O) groups is 1. The summed E-state index contributed by atoms with van der Waals surface area (Å²) in [5.41, 5.74) is 4.21. The van der Waals surface area contributed by atoms with Crippen LogP contribution in [0, 0.1) is 17.0 Å². The fourth-order valence-electron chi connectivity index (χ4n) is 4.70. The summed E-state index contributed by atoms with van der Waals surface area (Å²) in [5, 5.41) is 16.7. The Hall–Kier alpha value is -2.38. The molecule has 0 fully saturated rings. The van der Waals surface area contributed by atoms with Gasteiger partial charge in [0.15, 0.2) is 6.67 Å². The van der Waals surface area contributed by atoms with E-state index in [2.05, 4.69) is 49.6 Å². The second-order valence-electron chi connectivity index (χ2n) is 10.5. The van der Waals surface area contributed by atoms with E-state index in [1.54, 1.807) is 0 Å². The molecule has 0 saturated carbocycles. The Bertz CT molecular complexity index is 970. The van der Waals surface area contributed by atoms with E-state index in [1.807, 2.05) is 0 Å². The van der Waals surface area contributed by atoms with Gasteiger partial charge in [0.2, 0.25) is 0 Å². The molecule has 1 aliphatic rings. The van der Waals surface area contributed by atoms with Crippen molar-refractivity contribution in [1.82, 2.24) is 10.6 Å². The van der Waals surface area contributed by atoms with Gasteiger partial charge in [-0.1, -0.05) is 39.0 Å². The van der Waals surface area contributed by atoms with Gasteiger partial charge in [-0.2, -0.15) is 0 Å². The van der Waals surface area contributed by atoms with Crippen LogP contribution in [0.1, 0.15) is 61.9 Å². The van der Waals surface area contributed by atoms with Crippen LogP contribution in [0.15, 0.2) is 36.4 Å². The number of aliphatic hydroxyl groups is 1. The Morgan fingerprint density at radius 3 is 2.47 bits per heavy atom. The predicted octanol–water partition coefficient (Wildman–Crippen LogP) is 4.58. The van der Waals surface area contributed by atoms with Crippen molar-refractivity contribution in [2.24, 2.45) is 5.41 Å². The Labute approximate surface area is 200 Å². The van der Waals surface area contributed by atoms with Gasteiger partial charge >= 0.3 is 0 Å². The van der Waals surface area contributed by atoms with Crippen molar-refractivity contribution in [3.05, 3.63) is 70.3 Å². The number of hydrogen-bond donors (Lipinski definition) is 3. The maximum atomic E-state index is 13.6. The summed E-state index contributed by atoms with van der Waals surface area (Å²) in [6, 6.07) is 8.80. The number of aliphatic hydroxyl groups excluding tert-OH is 1. The van der Waals surface area contributed by atoms with Crippen molar-refractivity contribution in [3.8, 4) is 0 Å². The molecule has 34 heavy (non-hydrogen) atoms. The largest absolute Gasteiger partial charge is 0.390 e. The van der Waals surface area contributed by atoms with Gasteiger partial charge in [-0.05, 0) is 71.9 Å². The lowest BCUT2D eigenvalue weighted by atomic mass is 9.82. The Kier molecular flexibility index (Phi) is 8.77. The molecular weight excluding hydrogens is 441 g/mol. The molecule has 3 atom stereocenters. The fraction of sp³-hybridized carbons (Fsp3) is 0.519. The highest BCUT2D eigenvalue weighted by Gasteiger charge is 2.26. The van der Waals surface area contributed by atoms with Crippen LogP contribution in [-0.2, 0) is 24.1 Å². The smallest absolute Gasteiger partial charge is 0.251 e. The molecule has 0 radical (unpaired) electrons. The van der Waals surface area contributed by atoms with E-state index < -0.39 is 36.4 Å². The monoisotopic (exact) mass is 476 g/mol. The maximum Gasteiger partial charge on any atom is 0.251 e. The summed E-state index contributed by atoms with van der Waals surface area (Å²) in [6.07, 6.45) is 2.79. The fourth-order valence-corrected chi connectivity index (χ4v) is 4.70. The maximum absolute atomic E-state index is 13.6. The Morgan fingerprint density at radius 2 is 1.82 bits per heavy atom. The average molecular weight is 477 g/mol. The normalized spacial score (nSPS) is 17.7. The second kappa shape index (κ2) is 11.4. The Balaban J connectivity index is 1.72. The summed E-state index contributed by atoms with van der Waals surface area (Å²) < 4.78 is 40.1. The first-order chi connectivity index (χ1) is 16.0. The number of amides is 1. The van der Waals surface area contributed by atoms with Crippen molar-refractivity contribution in [2.75, 3.05) is 13.2 Å². The van der Waals surface area contributed by atoms with Crippen LogP contribution in [0.5, 0.6) is 0 Å². The zero-order chi connectivity index (χ0) is 24.9. The van der Waals surface area contributed by atoms with E-state index in [-0.39, 0.29) is 30.0 Å². The van der Waals surface area contributed by atoms with E-state index in [0.717, 1.165) is 43.9 Å². The number of benzene rings is 2. The zero-order valence-electron chi connectivity index (χ0n) is 20.1. The van der Waals surface area contributed by atoms with Gasteiger partial charge in [-0.3, -0.25) is 4.79 Å². The minimum Gasteiger partial charge on any atom is -0.390 e. The first kappa shape index (κ1) is 26.2. The average Bonchev–Trinajstić information content (AvgIpc) is 2.75. The quantitative estimate of drug-likeness (QED) is 0.497. The van der Waals surface area contributed by atoms with Crippen molar-refractivity contribution in [3.63, 3.8) is 0 Å². The van der Waals surface area contributed by atoms with Crippen LogP contribution in [0.3, 0.4) is 0 Å². The molecule has 1 aliphatic carbocycles. The van der Waals surface area contributed by atoms with E-state index in [1.165, 1.54) is 16.7 Å². The SMILES string of the molecule is CC(C)(C)Cc1ccc2c(c1)[C@@H](NC[C@@H](O)C(Cc1cc(F)cc(F)c1)NC(=O)CF)CCC2. The molecule has 3 rings (SSSR count). The van der Waals surface area contributed by atoms with Crippen molar-refractivity contribution in [1.29, 1.82) is 0 Å². The molecule has 0 heterocycles. The molecule has 1 amide bonds. The molecule has 0 aromatic heterocycles. The first-order valence-electron chi connectivity index (χ1n) is 11.9. The number of halogens is 3. The number of fused-ring (bicyclic) bond motifs is 1. The molecule has 2 aromatic rings. The number of nitrogens with one attached hydrogen (secondary N) is 2. The molecule has 2 aromatic carbocycles. The molecular formula is C27H35F3N2O2. The molecule has 0 bridgehead atoms. The summed E-state index contributed by atoms with van der Waals surface area (Å²) in [7, 11) is 0. The van der Waals surface area contributed by atoms with Crippen molar-refractivity contribution < 1.29 is 23.1 Å². The van der Waals surface area contributed by atoms with Gasteiger partial charge in [-0.25, -0.2) is 13.2 Å². The van der Waals surface area contributed by atoms with Gasteiger partial charge in [0.1, 0.15) is 11.6 Å². The van der Waals surface area contributed by atoms with Gasteiger partial charge in [-0.15, -0.1) is 0 Å². The van der Waals surface area contributed by atoms with Gasteiger partial charge in [0.05, 0.1) is 12.1 Å². The standard InChI is InChI=1S/C27H35F3N2O2/c1-27(2,3)14-17-7-8-19-5-4-6-23(22(19)11-17)31-16-25(33)24(32-26(34)15-28)12-18-9-20(29)13-21(30)10-18/h7-11,13,23-25,31,33H,4-6,12,14-16H2,1-3H3,(H,32,34)/t23-,24?,25+/m0/s1. The minimum absolute atomic E-state index is 0.0275. The number of alkyl halides is 1. The van der Waals surface area contributed by atoms with Crippen LogP contribution in [0.25, 0.3) is 0 Å². The van der Waals surface area contributed by atoms with Gasteiger partial charge < -0.3 is 15.7 Å². The summed E-state index contributed by atoms with van der Waals surface area (Å²) in [6.45, 7) is 5.52. The third-order valence-electron chi connectivity index (χ3n) is 6.14. The number of aryl methyl sites for hydroxylation is 1.